The van der Waals surface area contributed by atoms with Crippen molar-refractivity contribution in [2.45, 2.75) is 22.9 Å². The topological polar surface area (TPSA) is 54.9 Å². The number of nitrogens with zero attached hydrogens (tertiary/aromatic N) is 2. The Labute approximate surface area is 163 Å². The fraction of sp³-hybridized carbons (Fsp3) is 0.235. The van der Waals surface area contributed by atoms with Gasteiger partial charge in [-0.05, 0) is 36.9 Å². The number of carbonyl (C=O) groups excluding carboxylic acids is 1. The van der Waals surface area contributed by atoms with Crippen molar-refractivity contribution in [3.63, 3.8) is 0 Å². The van der Waals surface area contributed by atoms with Crippen molar-refractivity contribution in [2.75, 3.05) is 11.9 Å². The van der Waals surface area contributed by atoms with Crippen LogP contribution in [-0.4, -0.2) is 27.8 Å². The third-order valence-electron chi connectivity index (χ3n) is 3.39. The summed E-state index contributed by atoms with van der Waals surface area (Å²) < 4.78 is 0.779. The van der Waals surface area contributed by atoms with Gasteiger partial charge >= 0.3 is 0 Å². The molecule has 0 aliphatic rings. The number of thiophene rings is 1. The number of ketones is 1. The molecule has 0 saturated heterocycles. The van der Waals surface area contributed by atoms with E-state index < -0.39 is 0 Å². The zero-order valence-electron chi connectivity index (χ0n) is 13.4. The van der Waals surface area contributed by atoms with Crippen LogP contribution in [0.15, 0.2) is 46.1 Å². The maximum absolute atomic E-state index is 12.5. The van der Waals surface area contributed by atoms with E-state index in [0.29, 0.717) is 10.6 Å². The Morgan fingerprint density at radius 1 is 1.32 bits per heavy atom. The first-order valence-corrected chi connectivity index (χ1v) is 10.6. The lowest BCUT2D eigenvalue weighted by atomic mass is 10.1. The maximum atomic E-state index is 12.5. The van der Waals surface area contributed by atoms with Crippen molar-refractivity contribution in [2.24, 2.45) is 0 Å². The number of hydrogen-bond acceptors (Lipinski definition) is 7. The van der Waals surface area contributed by atoms with Crippen LogP contribution in [0.3, 0.4) is 0 Å². The van der Waals surface area contributed by atoms with E-state index in [0.717, 1.165) is 22.4 Å². The molecule has 1 atom stereocenters. The molecule has 0 aliphatic heterocycles. The van der Waals surface area contributed by atoms with Gasteiger partial charge in [-0.25, -0.2) is 0 Å². The first-order valence-electron chi connectivity index (χ1n) is 7.68. The Kier molecular flexibility index (Phi) is 6.47. The molecule has 0 aliphatic carbocycles. The Morgan fingerprint density at radius 2 is 2.20 bits per heavy atom. The summed E-state index contributed by atoms with van der Waals surface area (Å²) in [7, 11) is 0. The molecule has 130 valence electrons. The highest BCUT2D eigenvalue weighted by atomic mass is 35.5. The highest BCUT2D eigenvalue weighted by Crippen LogP contribution is 2.30. The molecular weight excluding hydrogens is 394 g/mol. The van der Waals surface area contributed by atoms with Crippen LogP contribution in [0, 0.1) is 0 Å². The van der Waals surface area contributed by atoms with Crippen molar-refractivity contribution in [1.82, 2.24) is 10.2 Å². The Hall–Kier alpha value is -1.41. The van der Waals surface area contributed by atoms with Crippen molar-refractivity contribution in [3.05, 3.63) is 57.2 Å². The molecule has 3 rings (SSSR count). The summed E-state index contributed by atoms with van der Waals surface area (Å²) in [5.41, 5.74) is 0.617. The number of hydrogen-bond donors (Lipinski definition) is 1. The van der Waals surface area contributed by atoms with Crippen LogP contribution >= 0.6 is 46.0 Å². The molecule has 0 amide bonds. The molecule has 25 heavy (non-hydrogen) atoms. The van der Waals surface area contributed by atoms with Crippen molar-refractivity contribution in [1.29, 1.82) is 0 Å². The lowest BCUT2D eigenvalue weighted by Gasteiger charge is -2.08. The van der Waals surface area contributed by atoms with Gasteiger partial charge in [0.1, 0.15) is 0 Å². The number of aromatic nitrogens is 2. The normalized spacial score (nSPS) is 12.1. The van der Waals surface area contributed by atoms with Gasteiger partial charge in [-0.1, -0.05) is 52.9 Å². The predicted octanol–water partition coefficient (Wildman–Crippen LogP) is 5.27. The third-order valence-corrected chi connectivity index (χ3v) is 6.63. The molecule has 0 bridgehead atoms. The number of Topliss-reactive ketones (excluding diaryl/α,β-unsaturated/α-hetero) is 1. The first-order chi connectivity index (χ1) is 12.1. The van der Waals surface area contributed by atoms with Crippen LogP contribution in [0.5, 0.6) is 0 Å². The van der Waals surface area contributed by atoms with E-state index in [2.05, 4.69) is 33.0 Å². The molecule has 0 saturated carbocycles. The summed E-state index contributed by atoms with van der Waals surface area (Å²) in [5.74, 6) is 0.0369. The SMILES string of the molecule is CC(Sc1nnc(NCCc2cccs2)s1)C(=O)c1cccc(Cl)c1. The highest BCUT2D eigenvalue weighted by molar-refractivity contribution is 8.02. The second-order valence-corrected chi connectivity index (χ2v) is 9.30. The molecule has 2 aromatic heterocycles. The van der Waals surface area contributed by atoms with Crippen LogP contribution in [0.4, 0.5) is 5.13 Å². The van der Waals surface area contributed by atoms with E-state index in [4.69, 9.17) is 11.6 Å². The Balaban J connectivity index is 1.52. The number of halogens is 1. The smallest absolute Gasteiger partial charge is 0.206 e. The van der Waals surface area contributed by atoms with E-state index in [1.54, 1.807) is 35.6 Å². The van der Waals surface area contributed by atoms with Gasteiger partial charge in [0.15, 0.2) is 10.1 Å². The molecule has 0 spiro atoms. The summed E-state index contributed by atoms with van der Waals surface area (Å²) in [6.45, 7) is 2.69. The second kappa shape index (κ2) is 8.80. The first kappa shape index (κ1) is 18.4. The van der Waals surface area contributed by atoms with Crippen LogP contribution in [0.1, 0.15) is 22.2 Å². The summed E-state index contributed by atoms with van der Waals surface area (Å²) in [5, 5.41) is 14.8. The van der Waals surface area contributed by atoms with E-state index in [9.17, 15) is 4.79 Å². The van der Waals surface area contributed by atoms with E-state index >= 15 is 0 Å². The molecule has 1 aromatic carbocycles. The van der Waals surface area contributed by atoms with Crippen molar-refractivity contribution >= 4 is 57.0 Å². The minimum absolute atomic E-state index is 0.0369. The van der Waals surface area contributed by atoms with Crippen LogP contribution in [0.25, 0.3) is 0 Å². The van der Waals surface area contributed by atoms with Gasteiger partial charge in [0.05, 0.1) is 5.25 Å². The third kappa shape index (κ3) is 5.28. The van der Waals surface area contributed by atoms with Crippen molar-refractivity contribution < 1.29 is 4.79 Å². The second-order valence-electron chi connectivity index (χ2n) is 5.26. The lowest BCUT2D eigenvalue weighted by Crippen LogP contribution is -2.13. The lowest BCUT2D eigenvalue weighted by molar-refractivity contribution is 0.0994. The average molecular weight is 410 g/mol. The Bertz CT molecular complexity index is 835. The number of anilines is 1. The molecule has 0 fully saturated rings. The summed E-state index contributed by atoms with van der Waals surface area (Å²) in [6, 6.07) is 11.2. The molecular formula is C17H16ClN3OS3. The fourth-order valence-electron chi connectivity index (χ4n) is 2.16. The minimum Gasteiger partial charge on any atom is -0.360 e. The molecule has 0 radical (unpaired) electrons. The molecule has 1 N–H and O–H groups in total. The number of benzene rings is 1. The summed E-state index contributed by atoms with van der Waals surface area (Å²) in [6.07, 6.45) is 0.962. The van der Waals surface area contributed by atoms with Gasteiger partial charge in [0.25, 0.3) is 0 Å². The number of rotatable bonds is 8. The number of nitrogens with one attached hydrogen (secondary N) is 1. The molecule has 8 heteroatoms. The monoisotopic (exact) mass is 409 g/mol. The predicted molar refractivity (Wildman–Crippen MR) is 108 cm³/mol. The van der Waals surface area contributed by atoms with Gasteiger partial charge in [0, 0.05) is 22.0 Å². The standard InChI is InChI=1S/C17H16ClN3OS3/c1-11(15(22)12-4-2-5-13(18)10-12)24-17-21-20-16(25-17)19-8-7-14-6-3-9-23-14/h2-6,9-11H,7-8H2,1H3,(H,19,20). The molecule has 4 nitrogen and oxygen atoms in total. The number of carbonyl (C=O) groups is 1. The van der Waals surface area contributed by atoms with Crippen molar-refractivity contribution in [3.8, 4) is 0 Å². The minimum atomic E-state index is -0.245. The zero-order chi connectivity index (χ0) is 17.6. The van der Waals surface area contributed by atoms with Crippen LogP contribution < -0.4 is 5.32 Å². The number of thioether (sulfide) groups is 1. The van der Waals surface area contributed by atoms with Gasteiger partial charge in [-0.2, -0.15) is 0 Å². The van der Waals surface area contributed by atoms with E-state index in [-0.39, 0.29) is 11.0 Å². The highest BCUT2D eigenvalue weighted by Gasteiger charge is 2.19. The van der Waals surface area contributed by atoms with Gasteiger partial charge in [0.2, 0.25) is 5.13 Å². The Morgan fingerprint density at radius 3 is 2.96 bits per heavy atom. The van der Waals surface area contributed by atoms with Crippen LogP contribution in [-0.2, 0) is 6.42 Å². The summed E-state index contributed by atoms with van der Waals surface area (Å²) in [4.78, 5) is 13.8. The molecule has 2 heterocycles. The molecule has 3 aromatic rings. The average Bonchev–Trinajstić information content (AvgIpc) is 3.26. The maximum Gasteiger partial charge on any atom is 0.206 e. The van der Waals surface area contributed by atoms with Gasteiger partial charge < -0.3 is 5.32 Å². The van der Waals surface area contributed by atoms with Gasteiger partial charge in [-0.3, -0.25) is 4.79 Å². The van der Waals surface area contributed by atoms with E-state index in [1.807, 2.05) is 6.92 Å². The fourth-order valence-corrected chi connectivity index (χ4v) is 5.06. The largest absolute Gasteiger partial charge is 0.360 e. The molecule has 1 unspecified atom stereocenters. The summed E-state index contributed by atoms with van der Waals surface area (Å²) >= 11 is 10.6. The van der Waals surface area contributed by atoms with Crippen LogP contribution in [0.2, 0.25) is 5.02 Å². The van der Waals surface area contributed by atoms with E-state index in [1.165, 1.54) is 28.0 Å². The zero-order valence-corrected chi connectivity index (χ0v) is 16.6. The van der Waals surface area contributed by atoms with Gasteiger partial charge in [-0.15, -0.1) is 21.5 Å². The quantitative estimate of drug-likeness (QED) is 0.405.